The SMILES string of the molecule is CCCCCCC=C(C)C(=O)NCC. The molecule has 0 unspecified atom stereocenters. The number of carbonyl (C=O) groups excluding carboxylic acids is 1. The van der Waals surface area contributed by atoms with E-state index < -0.39 is 0 Å². The van der Waals surface area contributed by atoms with Gasteiger partial charge in [-0.25, -0.2) is 0 Å². The molecule has 0 aromatic carbocycles. The molecule has 0 saturated carbocycles. The first-order valence-corrected chi connectivity index (χ1v) is 5.67. The van der Waals surface area contributed by atoms with Gasteiger partial charge in [0.2, 0.25) is 5.91 Å². The number of carbonyl (C=O) groups is 1. The summed E-state index contributed by atoms with van der Waals surface area (Å²) in [6.45, 7) is 6.73. The van der Waals surface area contributed by atoms with E-state index >= 15 is 0 Å². The zero-order valence-corrected chi connectivity index (χ0v) is 9.73. The van der Waals surface area contributed by atoms with Crippen molar-refractivity contribution in [1.29, 1.82) is 0 Å². The average molecular weight is 197 g/mol. The third-order valence-electron chi connectivity index (χ3n) is 2.20. The van der Waals surface area contributed by atoms with Crippen LogP contribution in [0.25, 0.3) is 0 Å². The Morgan fingerprint density at radius 1 is 1.21 bits per heavy atom. The lowest BCUT2D eigenvalue weighted by molar-refractivity contribution is -0.117. The van der Waals surface area contributed by atoms with Crippen LogP contribution in [0, 0.1) is 0 Å². The van der Waals surface area contributed by atoms with Crippen molar-refractivity contribution >= 4 is 5.91 Å². The summed E-state index contributed by atoms with van der Waals surface area (Å²) in [6, 6.07) is 0. The Balaban J connectivity index is 3.60. The van der Waals surface area contributed by atoms with Gasteiger partial charge in [0.05, 0.1) is 0 Å². The summed E-state index contributed by atoms with van der Waals surface area (Å²) in [5.41, 5.74) is 0.850. The summed E-state index contributed by atoms with van der Waals surface area (Å²) in [5, 5.41) is 2.79. The molecule has 14 heavy (non-hydrogen) atoms. The summed E-state index contributed by atoms with van der Waals surface area (Å²) in [5.74, 6) is 0.0722. The van der Waals surface area contributed by atoms with E-state index in [0.717, 1.165) is 12.0 Å². The second kappa shape index (κ2) is 8.79. The van der Waals surface area contributed by atoms with Crippen molar-refractivity contribution in [2.75, 3.05) is 6.54 Å². The predicted octanol–water partition coefficient (Wildman–Crippen LogP) is 3.04. The maximum atomic E-state index is 11.3. The van der Waals surface area contributed by atoms with Crippen molar-refractivity contribution < 1.29 is 4.79 Å². The first kappa shape index (κ1) is 13.2. The first-order chi connectivity index (χ1) is 6.72. The number of amides is 1. The Morgan fingerprint density at radius 3 is 2.50 bits per heavy atom. The van der Waals surface area contributed by atoms with Crippen molar-refractivity contribution in [2.45, 2.75) is 52.9 Å². The number of likely N-dealkylation sites (N-methyl/N-ethyl adjacent to an activating group) is 1. The zero-order valence-electron chi connectivity index (χ0n) is 9.73. The second-order valence-electron chi connectivity index (χ2n) is 3.60. The Bertz CT molecular complexity index is 185. The van der Waals surface area contributed by atoms with E-state index in [1.54, 1.807) is 0 Å². The Labute approximate surface area is 87.8 Å². The summed E-state index contributed by atoms with van der Waals surface area (Å²) >= 11 is 0. The molecule has 1 N–H and O–H groups in total. The third-order valence-corrected chi connectivity index (χ3v) is 2.20. The molecule has 2 nitrogen and oxygen atoms in total. The highest BCUT2D eigenvalue weighted by molar-refractivity contribution is 5.92. The monoisotopic (exact) mass is 197 g/mol. The lowest BCUT2D eigenvalue weighted by Gasteiger charge is -2.01. The second-order valence-corrected chi connectivity index (χ2v) is 3.60. The Morgan fingerprint density at radius 2 is 1.93 bits per heavy atom. The van der Waals surface area contributed by atoms with Crippen LogP contribution in [-0.4, -0.2) is 12.5 Å². The van der Waals surface area contributed by atoms with Crippen LogP contribution in [0.2, 0.25) is 0 Å². The van der Waals surface area contributed by atoms with Crippen molar-refractivity contribution in [3.8, 4) is 0 Å². The third kappa shape index (κ3) is 6.70. The smallest absolute Gasteiger partial charge is 0.246 e. The first-order valence-electron chi connectivity index (χ1n) is 5.67. The largest absolute Gasteiger partial charge is 0.353 e. The minimum absolute atomic E-state index is 0.0722. The van der Waals surface area contributed by atoms with Crippen molar-refractivity contribution in [2.24, 2.45) is 0 Å². The highest BCUT2D eigenvalue weighted by Crippen LogP contribution is 2.05. The fourth-order valence-electron chi connectivity index (χ4n) is 1.28. The highest BCUT2D eigenvalue weighted by atomic mass is 16.1. The van der Waals surface area contributed by atoms with Crippen LogP contribution < -0.4 is 5.32 Å². The number of allylic oxidation sites excluding steroid dienone is 1. The predicted molar refractivity (Wildman–Crippen MR) is 61.2 cm³/mol. The molecule has 0 atom stereocenters. The summed E-state index contributed by atoms with van der Waals surface area (Å²) < 4.78 is 0. The molecule has 0 aromatic rings. The summed E-state index contributed by atoms with van der Waals surface area (Å²) in [6.07, 6.45) is 8.11. The molecule has 0 aliphatic carbocycles. The molecule has 0 fully saturated rings. The van der Waals surface area contributed by atoms with Gasteiger partial charge in [-0.15, -0.1) is 0 Å². The molecule has 0 aliphatic heterocycles. The number of rotatable bonds is 7. The van der Waals surface area contributed by atoms with Gasteiger partial charge in [0, 0.05) is 12.1 Å². The summed E-state index contributed by atoms with van der Waals surface area (Å²) in [7, 11) is 0. The number of nitrogens with one attached hydrogen (secondary N) is 1. The fourth-order valence-corrected chi connectivity index (χ4v) is 1.28. The maximum Gasteiger partial charge on any atom is 0.246 e. The van der Waals surface area contributed by atoms with Crippen molar-refractivity contribution in [3.63, 3.8) is 0 Å². The van der Waals surface area contributed by atoms with E-state index in [4.69, 9.17) is 0 Å². The van der Waals surface area contributed by atoms with Gasteiger partial charge < -0.3 is 5.32 Å². The number of unbranched alkanes of at least 4 members (excludes halogenated alkanes) is 4. The molecular formula is C12H23NO. The van der Waals surface area contributed by atoms with Crippen LogP contribution in [-0.2, 0) is 4.79 Å². The van der Waals surface area contributed by atoms with Crippen LogP contribution >= 0.6 is 0 Å². The minimum Gasteiger partial charge on any atom is -0.353 e. The lowest BCUT2D eigenvalue weighted by atomic mass is 10.1. The van der Waals surface area contributed by atoms with E-state index in [0.29, 0.717) is 6.54 Å². The molecule has 0 spiro atoms. The maximum absolute atomic E-state index is 11.3. The fraction of sp³-hybridized carbons (Fsp3) is 0.750. The molecule has 0 rings (SSSR count). The molecule has 1 amide bonds. The van der Waals surface area contributed by atoms with Crippen molar-refractivity contribution in [1.82, 2.24) is 5.32 Å². The molecule has 0 heterocycles. The van der Waals surface area contributed by atoms with E-state index in [1.165, 1.54) is 25.7 Å². The molecule has 82 valence electrons. The molecule has 0 radical (unpaired) electrons. The van der Waals surface area contributed by atoms with Gasteiger partial charge in [-0.3, -0.25) is 4.79 Å². The van der Waals surface area contributed by atoms with Gasteiger partial charge in [0.1, 0.15) is 0 Å². The van der Waals surface area contributed by atoms with Gasteiger partial charge in [-0.05, 0) is 26.7 Å². The Hall–Kier alpha value is -0.790. The normalized spacial score (nSPS) is 11.5. The molecule has 0 saturated heterocycles. The van der Waals surface area contributed by atoms with Crippen LogP contribution in [0.5, 0.6) is 0 Å². The van der Waals surface area contributed by atoms with Crippen LogP contribution in [0.4, 0.5) is 0 Å². The molecule has 2 heteroatoms. The number of hydrogen-bond acceptors (Lipinski definition) is 1. The minimum atomic E-state index is 0.0722. The topological polar surface area (TPSA) is 29.1 Å². The quantitative estimate of drug-likeness (QED) is 0.493. The van der Waals surface area contributed by atoms with E-state index in [9.17, 15) is 4.79 Å². The van der Waals surface area contributed by atoms with E-state index in [-0.39, 0.29) is 5.91 Å². The van der Waals surface area contributed by atoms with E-state index in [1.807, 2.05) is 19.9 Å². The highest BCUT2D eigenvalue weighted by Gasteiger charge is 1.99. The van der Waals surface area contributed by atoms with Crippen LogP contribution in [0.15, 0.2) is 11.6 Å². The number of hydrogen-bond donors (Lipinski definition) is 1. The van der Waals surface area contributed by atoms with Crippen molar-refractivity contribution in [3.05, 3.63) is 11.6 Å². The van der Waals surface area contributed by atoms with Crippen LogP contribution in [0.3, 0.4) is 0 Å². The van der Waals surface area contributed by atoms with Gasteiger partial charge in [-0.1, -0.05) is 32.3 Å². The summed E-state index contributed by atoms with van der Waals surface area (Å²) in [4.78, 5) is 11.3. The van der Waals surface area contributed by atoms with Gasteiger partial charge >= 0.3 is 0 Å². The zero-order chi connectivity index (χ0) is 10.8. The van der Waals surface area contributed by atoms with Crippen LogP contribution in [0.1, 0.15) is 52.9 Å². The lowest BCUT2D eigenvalue weighted by Crippen LogP contribution is -2.23. The van der Waals surface area contributed by atoms with Gasteiger partial charge in [0.15, 0.2) is 0 Å². The van der Waals surface area contributed by atoms with Gasteiger partial charge in [0.25, 0.3) is 0 Å². The van der Waals surface area contributed by atoms with Gasteiger partial charge in [-0.2, -0.15) is 0 Å². The Kier molecular flexibility index (Phi) is 8.30. The molecular weight excluding hydrogens is 174 g/mol. The molecule has 0 aromatic heterocycles. The van der Waals surface area contributed by atoms with E-state index in [2.05, 4.69) is 12.2 Å². The molecule has 0 aliphatic rings. The average Bonchev–Trinajstić information content (AvgIpc) is 2.17. The standard InChI is InChI=1S/C12H23NO/c1-4-6-7-8-9-10-11(3)12(14)13-5-2/h10H,4-9H2,1-3H3,(H,13,14). The molecule has 0 bridgehead atoms.